The van der Waals surface area contributed by atoms with Gasteiger partial charge in [-0.1, -0.05) is 0 Å². The molecule has 0 spiro atoms. The maximum Gasteiger partial charge on any atom is 0.280 e. The topological polar surface area (TPSA) is 60.3 Å². The summed E-state index contributed by atoms with van der Waals surface area (Å²) in [4.78, 5) is 24.7. The molecule has 0 N–H and O–H groups in total. The van der Waals surface area contributed by atoms with Crippen molar-refractivity contribution in [2.75, 3.05) is 13.1 Å². The Morgan fingerprint density at radius 3 is 2.67 bits per heavy atom. The first-order valence-corrected chi connectivity index (χ1v) is 10.5. The summed E-state index contributed by atoms with van der Waals surface area (Å²) in [6, 6.07) is 9.60. The van der Waals surface area contributed by atoms with Gasteiger partial charge in [-0.2, -0.15) is 0 Å². The van der Waals surface area contributed by atoms with Crippen LogP contribution in [0.3, 0.4) is 0 Å². The molecule has 1 fully saturated rings. The lowest BCUT2D eigenvalue weighted by molar-refractivity contribution is 0.129. The first-order valence-electron chi connectivity index (χ1n) is 10.5. The minimum Gasteiger partial charge on any atom is -0.439 e. The number of hydrogen-bond donors (Lipinski definition) is 0. The first kappa shape index (κ1) is 20.5. The van der Waals surface area contributed by atoms with Crippen LogP contribution >= 0.6 is 0 Å². The third-order valence-electron chi connectivity index (χ3n) is 5.73. The molecular formula is C23H27FN4O2. The lowest BCUT2D eigenvalue weighted by atomic mass is 9.97. The van der Waals surface area contributed by atoms with Crippen LogP contribution in [-0.4, -0.2) is 38.6 Å². The van der Waals surface area contributed by atoms with E-state index in [1.807, 2.05) is 6.92 Å². The molecule has 1 atom stereocenters. The van der Waals surface area contributed by atoms with Crippen molar-refractivity contribution in [1.29, 1.82) is 0 Å². The van der Waals surface area contributed by atoms with Gasteiger partial charge in [0.25, 0.3) is 5.56 Å². The summed E-state index contributed by atoms with van der Waals surface area (Å²) < 4.78 is 20.5. The van der Waals surface area contributed by atoms with E-state index in [4.69, 9.17) is 4.74 Å². The van der Waals surface area contributed by atoms with Crippen molar-refractivity contribution in [2.45, 2.75) is 46.2 Å². The molecule has 158 valence electrons. The number of halogens is 1. The number of piperidine rings is 1. The summed E-state index contributed by atoms with van der Waals surface area (Å²) in [5.41, 5.74) is 0.688. The van der Waals surface area contributed by atoms with Crippen molar-refractivity contribution in [3.8, 4) is 11.6 Å². The molecule has 0 saturated carbocycles. The lowest BCUT2D eigenvalue weighted by Crippen LogP contribution is -2.42. The fourth-order valence-corrected chi connectivity index (χ4v) is 4.06. The van der Waals surface area contributed by atoms with E-state index >= 15 is 0 Å². The number of aromatic nitrogens is 3. The molecule has 0 unspecified atom stereocenters. The Hall–Kier alpha value is -2.80. The highest BCUT2D eigenvalue weighted by Crippen LogP contribution is 2.23. The molecule has 1 aliphatic heterocycles. The minimum atomic E-state index is -0.338. The summed E-state index contributed by atoms with van der Waals surface area (Å²) in [5, 5.41) is 0. The normalized spacial score (nSPS) is 17.6. The van der Waals surface area contributed by atoms with Crippen molar-refractivity contribution >= 4 is 11.0 Å². The predicted octanol–water partition coefficient (Wildman–Crippen LogP) is 4.15. The Morgan fingerprint density at radius 1 is 1.17 bits per heavy atom. The van der Waals surface area contributed by atoms with Crippen LogP contribution in [-0.2, 0) is 6.54 Å². The van der Waals surface area contributed by atoms with Gasteiger partial charge in [-0.25, -0.2) is 14.4 Å². The third kappa shape index (κ3) is 4.36. The van der Waals surface area contributed by atoms with Crippen LogP contribution in [0, 0.1) is 18.7 Å². The highest BCUT2D eigenvalue weighted by molar-refractivity contribution is 5.73. The van der Waals surface area contributed by atoms with E-state index in [1.165, 1.54) is 24.3 Å². The molecule has 0 amide bonds. The number of ether oxygens (including phenoxy) is 1. The van der Waals surface area contributed by atoms with Gasteiger partial charge in [0.05, 0.1) is 5.52 Å². The van der Waals surface area contributed by atoms with Gasteiger partial charge < -0.3 is 9.64 Å². The number of hydrogen-bond acceptors (Lipinski definition) is 5. The molecule has 4 rings (SSSR count). The second-order valence-corrected chi connectivity index (χ2v) is 8.24. The molecule has 3 aromatic rings. The zero-order valence-electron chi connectivity index (χ0n) is 17.6. The van der Waals surface area contributed by atoms with Gasteiger partial charge in [0.15, 0.2) is 5.52 Å². The largest absolute Gasteiger partial charge is 0.439 e. The smallest absolute Gasteiger partial charge is 0.280 e. The van der Waals surface area contributed by atoms with Crippen molar-refractivity contribution in [2.24, 2.45) is 5.92 Å². The number of rotatable bonds is 5. The Morgan fingerprint density at radius 2 is 1.93 bits per heavy atom. The number of likely N-dealkylation sites (tertiary alicyclic amines) is 1. The Kier molecular flexibility index (Phi) is 5.81. The zero-order chi connectivity index (χ0) is 21.3. The third-order valence-corrected chi connectivity index (χ3v) is 5.73. The molecule has 3 heterocycles. The molecule has 6 nitrogen and oxygen atoms in total. The highest BCUT2D eigenvalue weighted by atomic mass is 19.1. The molecule has 1 aromatic carbocycles. The monoisotopic (exact) mass is 410 g/mol. The van der Waals surface area contributed by atoms with Crippen LogP contribution in [0.25, 0.3) is 11.0 Å². The van der Waals surface area contributed by atoms with Crippen LogP contribution in [0.5, 0.6) is 11.6 Å². The van der Waals surface area contributed by atoms with E-state index in [-0.39, 0.29) is 22.8 Å². The Labute approximate surface area is 175 Å². The fourth-order valence-electron chi connectivity index (χ4n) is 4.06. The molecule has 0 radical (unpaired) electrons. The van der Waals surface area contributed by atoms with E-state index in [1.54, 1.807) is 16.7 Å². The molecule has 30 heavy (non-hydrogen) atoms. The second-order valence-electron chi connectivity index (χ2n) is 8.24. The molecule has 1 saturated heterocycles. The van der Waals surface area contributed by atoms with Gasteiger partial charge in [0.2, 0.25) is 5.88 Å². The van der Waals surface area contributed by atoms with Gasteiger partial charge >= 0.3 is 0 Å². The summed E-state index contributed by atoms with van der Waals surface area (Å²) in [5.74, 6) is 1.51. The van der Waals surface area contributed by atoms with Gasteiger partial charge in [-0.05, 0) is 76.4 Å². The highest BCUT2D eigenvalue weighted by Gasteiger charge is 2.23. The minimum absolute atomic E-state index is 0.149. The Balaban J connectivity index is 1.62. The quantitative estimate of drug-likeness (QED) is 0.632. The van der Waals surface area contributed by atoms with Gasteiger partial charge in [0, 0.05) is 25.2 Å². The number of nitrogens with zero attached hydrogens (tertiary/aromatic N) is 4. The predicted molar refractivity (Wildman–Crippen MR) is 114 cm³/mol. The summed E-state index contributed by atoms with van der Waals surface area (Å²) in [7, 11) is 0. The van der Waals surface area contributed by atoms with Crippen LogP contribution in [0.1, 0.15) is 32.5 Å². The molecular weight excluding hydrogens is 383 g/mol. The number of benzene rings is 1. The van der Waals surface area contributed by atoms with E-state index in [0.717, 1.165) is 25.9 Å². The number of fused-ring (bicyclic) bond motifs is 1. The number of aryl methyl sites for hydroxylation is 1. The number of pyridine rings is 1. The van der Waals surface area contributed by atoms with E-state index in [0.29, 0.717) is 35.6 Å². The van der Waals surface area contributed by atoms with Crippen LogP contribution < -0.4 is 10.3 Å². The Bertz CT molecular complexity index is 1090. The summed E-state index contributed by atoms with van der Waals surface area (Å²) in [6.07, 6.45) is 2.25. The lowest BCUT2D eigenvalue weighted by Gasteiger charge is -2.35. The van der Waals surface area contributed by atoms with Crippen molar-refractivity contribution in [3.05, 3.63) is 58.4 Å². The van der Waals surface area contributed by atoms with Crippen molar-refractivity contribution < 1.29 is 9.13 Å². The van der Waals surface area contributed by atoms with Gasteiger partial charge in [-0.3, -0.25) is 9.36 Å². The van der Waals surface area contributed by atoms with Crippen molar-refractivity contribution in [3.63, 3.8) is 0 Å². The zero-order valence-corrected chi connectivity index (χ0v) is 17.6. The van der Waals surface area contributed by atoms with E-state index in [9.17, 15) is 9.18 Å². The second kappa shape index (κ2) is 8.52. The van der Waals surface area contributed by atoms with Crippen molar-refractivity contribution in [1.82, 2.24) is 19.4 Å². The maximum atomic E-state index is 13.2. The summed E-state index contributed by atoms with van der Waals surface area (Å²) in [6.45, 7) is 9.04. The summed E-state index contributed by atoms with van der Waals surface area (Å²) >= 11 is 0. The molecule has 0 bridgehead atoms. The van der Waals surface area contributed by atoms with Crippen LogP contribution in [0.15, 0.2) is 41.2 Å². The first-order chi connectivity index (χ1) is 14.4. The standard InChI is InChI=1S/C23H27FN4O2/c1-15(2)27-12-4-5-17(13-27)14-28-16(3)25-20-10-11-21(26-22(20)23(28)29)30-19-8-6-18(24)7-9-19/h6-11,15,17H,4-5,12-14H2,1-3H3/t17-/m0/s1. The van der Waals surface area contributed by atoms with E-state index in [2.05, 4.69) is 28.7 Å². The SMILES string of the molecule is Cc1nc2ccc(Oc3ccc(F)cc3)nc2c(=O)n1C[C@H]1CCCN(C(C)C)C1. The average molecular weight is 410 g/mol. The molecule has 0 aliphatic carbocycles. The molecule has 1 aliphatic rings. The van der Waals surface area contributed by atoms with Gasteiger partial charge in [0.1, 0.15) is 17.4 Å². The average Bonchev–Trinajstić information content (AvgIpc) is 2.73. The molecule has 7 heteroatoms. The maximum absolute atomic E-state index is 13.2. The van der Waals surface area contributed by atoms with Crippen LogP contribution in [0.2, 0.25) is 0 Å². The van der Waals surface area contributed by atoms with Crippen LogP contribution in [0.4, 0.5) is 4.39 Å². The van der Waals surface area contributed by atoms with E-state index < -0.39 is 0 Å². The van der Waals surface area contributed by atoms with Gasteiger partial charge in [-0.15, -0.1) is 0 Å². The molecule has 2 aromatic heterocycles. The fraction of sp³-hybridized carbons (Fsp3) is 0.435.